The number of aryl methyl sites for hydroxylation is 2. The highest BCUT2D eigenvalue weighted by Crippen LogP contribution is 2.39. The summed E-state index contributed by atoms with van der Waals surface area (Å²) in [5, 5.41) is 0.697. The lowest BCUT2D eigenvalue weighted by Crippen LogP contribution is -2.29. The molecule has 0 saturated carbocycles. The molecule has 0 radical (unpaired) electrons. The Morgan fingerprint density at radius 1 is 0.829 bits per heavy atom. The van der Waals surface area contributed by atoms with Crippen molar-refractivity contribution in [3.05, 3.63) is 94.4 Å². The number of benzene rings is 3. The fourth-order valence-corrected chi connectivity index (χ4v) is 5.32. The number of carbonyl (C=O) groups is 1. The number of rotatable bonds is 8. The number of hydrogen-bond donors (Lipinski definition) is 0. The average Bonchev–Trinajstić information content (AvgIpc) is 3.19. The number of anilines is 2. The number of nitrogens with zero attached hydrogens (tertiary/aromatic N) is 3. The van der Waals surface area contributed by atoms with Gasteiger partial charge in [-0.3, -0.25) is 9.69 Å². The molecule has 1 saturated heterocycles. The predicted molar refractivity (Wildman–Crippen MR) is 152 cm³/mol. The topological polar surface area (TPSA) is 35.9 Å². The zero-order valence-electron chi connectivity index (χ0n) is 21.0. The predicted octanol–water partition coefficient (Wildman–Crippen LogP) is 7.47. The van der Waals surface area contributed by atoms with Gasteiger partial charge < -0.3 is 4.90 Å². The Morgan fingerprint density at radius 3 is 2.11 bits per heavy atom. The van der Waals surface area contributed by atoms with Gasteiger partial charge in [-0.15, -0.1) is 0 Å². The molecule has 3 aromatic carbocycles. The molecule has 180 valence electrons. The van der Waals surface area contributed by atoms with Gasteiger partial charge in [-0.2, -0.15) is 0 Å². The molecule has 5 heteroatoms. The third kappa shape index (κ3) is 5.35. The smallest absolute Gasteiger partial charge is 0.271 e. The molecule has 4 rings (SSSR count). The molecule has 1 amide bonds. The molecule has 0 unspecified atom stereocenters. The summed E-state index contributed by atoms with van der Waals surface area (Å²) in [6, 6.07) is 24.7. The van der Waals surface area contributed by atoms with E-state index in [1.54, 1.807) is 4.90 Å². The Labute approximate surface area is 213 Å². The van der Waals surface area contributed by atoms with Crippen molar-refractivity contribution >= 4 is 46.0 Å². The summed E-state index contributed by atoms with van der Waals surface area (Å²) < 4.78 is 0. The molecule has 1 aliphatic heterocycles. The molecular formula is C30H33N3OS. The zero-order chi connectivity index (χ0) is 24.8. The molecule has 0 N–H and O–H groups in total. The monoisotopic (exact) mass is 483 g/mol. The van der Waals surface area contributed by atoms with E-state index in [9.17, 15) is 4.79 Å². The summed E-state index contributed by atoms with van der Waals surface area (Å²) in [5.74, 6) is -0.0311. The molecule has 0 bridgehead atoms. The lowest BCUT2D eigenvalue weighted by molar-refractivity contribution is -0.113. The van der Waals surface area contributed by atoms with E-state index in [4.69, 9.17) is 4.99 Å². The minimum Gasteiger partial charge on any atom is -0.372 e. The van der Waals surface area contributed by atoms with E-state index in [0.717, 1.165) is 48.4 Å². The summed E-state index contributed by atoms with van der Waals surface area (Å²) in [7, 11) is 0. The number of aliphatic imine (C=N–C) groups is 1. The Kier molecular flexibility index (Phi) is 8.09. The van der Waals surface area contributed by atoms with Gasteiger partial charge in [-0.25, -0.2) is 4.99 Å². The van der Waals surface area contributed by atoms with Crippen LogP contribution in [0.15, 0.2) is 82.7 Å². The fourth-order valence-electron chi connectivity index (χ4n) is 4.33. The summed E-state index contributed by atoms with van der Waals surface area (Å²) in [4.78, 5) is 23.5. The Hall–Kier alpha value is -3.31. The summed E-state index contributed by atoms with van der Waals surface area (Å²) >= 11 is 1.45. The van der Waals surface area contributed by atoms with Crippen molar-refractivity contribution in [2.45, 2.75) is 40.5 Å². The van der Waals surface area contributed by atoms with E-state index in [1.165, 1.54) is 23.0 Å². The number of para-hydroxylation sites is 2. The second kappa shape index (κ2) is 11.4. The first-order chi connectivity index (χ1) is 17.1. The van der Waals surface area contributed by atoms with Crippen LogP contribution >= 0.6 is 11.8 Å². The van der Waals surface area contributed by atoms with Gasteiger partial charge in [0.25, 0.3) is 5.91 Å². The van der Waals surface area contributed by atoms with Crippen LogP contribution in [0.4, 0.5) is 17.1 Å². The van der Waals surface area contributed by atoms with Gasteiger partial charge in [0, 0.05) is 18.8 Å². The van der Waals surface area contributed by atoms with Crippen LogP contribution in [0.1, 0.15) is 44.4 Å². The van der Waals surface area contributed by atoms with Gasteiger partial charge in [0.15, 0.2) is 5.17 Å². The molecule has 1 heterocycles. The fraction of sp³-hybridized carbons (Fsp3) is 0.267. The van der Waals surface area contributed by atoms with Crippen LogP contribution in [0.25, 0.3) is 6.08 Å². The van der Waals surface area contributed by atoms with E-state index in [2.05, 4.69) is 69.0 Å². The van der Waals surface area contributed by atoms with Crippen molar-refractivity contribution in [3.8, 4) is 0 Å². The van der Waals surface area contributed by atoms with Crippen molar-refractivity contribution in [2.75, 3.05) is 22.9 Å². The number of carbonyl (C=O) groups excluding carboxylic acids is 1. The first kappa shape index (κ1) is 24.8. The maximum Gasteiger partial charge on any atom is 0.271 e. The van der Waals surface area contributed by atoms with Crippen LogP contribution in [0.5, 0.6) is 0 Å². The minimum atomic E-state index is -0.0311. The molecule has 3 aromatic rings. The lowest BCUT2D eigenvalue weighted by atomic mass is 10.1. The van der Waals surface area contributed by atoms with Gasteiger partial charge in [0.05, 0.1) is 16.3 Å². The van der Waals surface area contributed by atoms with E-state index >= 15 is 0 Å². The van der Waals surface area contributed by atoms with E-state index in [0.29, 0.717) is 10.1 Å². The lowest BCUT2D eigenvalue weighted by Gasteiger charge is -2.20. The van der Waals surface area contributed by atoms with E-state index in [-0.39, 0.29) is 5.91 Å². The van der Waals surface area contributed by atoms with Gasteiger partial charge in [-0.05, 0) is 85.5 Å². The van der Waals surface area contributed by atoms with Crippen LogP contribution in [0, 0.1) is 0 Å². The molecule has 35 heavy (non-hydrogen) atoms. The van der Waals surface area contributed by atoms with Crippen LogP contribution in [-0.4, -0.2) is 24.2 Å². The third-order valence-electron chi connectivity index (χ3n) is 6.33. The number of thioether (sulfide) groups is 1. The molecule has 1 aliphatic rings. The normalized spacial score (nSPS) is 15.9. The zero-order valence-corrected chi connectivity index (χ0v) is 21.8. The van der Waals surface area contributed by atoms with Crippen molar-refractivity contribution in [3.63, 3.8) is 0 Å². The van der Waals surface area contributed by atoms with Crippen LogP contribution in [0.2, 0.25) is 0 Å². The summed E-state index contributed by atoms with van der Waals surface area (Å²) in [5.41, 5.74) is 6.31. The van der Waals surface area contributed by atoms with Crippen molar-refractivity contribution < 1.29 is 4.79 Å². The first-order valence-corrected chi connectivity index (χ1v) is 13.2. The van der Waals surface area contributed by atoms with Crippen LogP contribution in [0.3, 0.4) is 0 Å². The Bertz CT molecular complexity index is 1240. The van der Waals surface area contributed by atoms with Crippen LogP contribution < -0.4 is 9.80 Å². The molecule has 1 fully saturated rings. The van der Waals surface area contributed by atoms with Crippen molar-refractivity contribution in [1.29, 1.82) is 0 Å². The molecule has 4 nitrogen and oxygen atoms in total. The highest BCUT2D eigenvalue weighted by molar-refractivity contribution is 8.19. The number of amidine groups is 1. The highest BCUT2D eigenvalue weighted by atomic mass is 32.2. The summed E-state index contributed by atoms with van der Waals surface area (Å²) in [6.45, 7) is 10.5. The maximum atomic E-state index is 13.7. The first-order valence-electron chi connectivity index (χ1n) is 12.4. The van der Waals surface area contributed by atoms with Crippen molar-refractivity contribution in [1.82, 2.24) is 0 Å². The van der Waals surface area contributed by atoms with Gasteiger partial charge in [0.2, 0.25) is 0 Å². The molecule has 0 spiro atoms. The second-order valence-electron chi connectivity index (χ2n) is 8.37. The second-order valence-corrected chi connectivity index (χ2v) is 9.38. The van der Waals surface area contributed by atoms with Crippen LogP contribution in [-0.2, 0) is 17.6 Å². The van der Waals surface area contributed by atoms with Gasteiger partial charge in [-0.1, -0.05) is 62.4 Å². The highest BCUT2D eigenvalue weighted by Gasteiger charge is 2.35. The van der Waals surface area contributed by atoms with Crippen molar-refractivity contribution in [2.24, 2.45) is 4.99 Å². The van der Waals surface area contributed by atoms with Gasteiger partial charge in [0.1, 0.15) is 0 Å². The third-order valence-corrected chi connectivity index (χ3v) is 7.30. The largest absolute Gasteiger partial charge is 0.372 e. The summed E-state index contributed by atoms with van der Waals surface area (Å²) in [6.07, 6.45) is 3.71. The molecule has 0 aliphatic carbocycles. The quantitative estimate of drug-likeness (QED) is 0.312. The molecule has 0 atom stereocenters. The molecular weight excluding hydrogens is 450 g/mol. The molecule has 0 aromatic heterocycles. The standard InChI is InChI=1S/C30H33N3OS/c1-5-23-13-9-11-15-26(23)31-30-33(27-16-12-10-14-24(27)6-2)29(34)28(35-30)21-22-17-19-25(20-18-22)32(7-3)8-4/h9-21H,5-8H2,1-4H3. The Morgan fingerprint density at radius 2 is 1.46 bits per heavy atom. The SMILES string of the molecule is CCc1ccccc1N=C1SC(=Cc2ccc(N(CC)CC)cc2)C(=O)N1c1ccccc1CC. The van der Waals surface area contributed by atoms with E-state index < -0.39 is 0 Å². The van der Waals surface area contributed by atoms with Gasteiger partial charge >= 0.3 is 0 Å². The Balaban J connectivity index is 1.76. The maximum absolute atomic E-state index is 13.7. The minimum absolute atomic E-state index is 0.0311. The number of amides is 1. The van der Waals surface area contributed by atoms with E-state index in [1.807, 2.05) is 42.5 Å². The number of hydrogen-bond acceptors (Lipinski definition) is 4. The average molecular weight is 484 g/mol.